The minimum atomic E-state index is -3.05. The van der Waals surface area contributed by atoms with Crippen LogP contribution in [0.2, 0.25) is 0 Å². The van der Waals surface area contributed by atoms with Crippen LogP contribution in [-0.4, -0.2) is 35.9 Å². The number of H-pyrrole nitrogens is 1. The van der Waals surface area contributed by atoms with Gasteiger partial charge in [-0.25, -0.2) is 12.8 Å². The molecule has 2 heterocycles. The molecule has 2 aromatic rings. The minimum Gasteiger partial charge on any atom is -0.493 e. The van der Waals surface area contributed by atoms with Crippen LogP contribution in [0.4, 0.5) is 10.1 Å². The molecule has 7 nitrogen and oxygen atoms in total. The molecular formula is C14H14FN3O4S. The molecule has 1 aromatic heterocycles. The van der Waals surface area contributed by atoms with E-state index in [4.69, 9.17) is 0 Å². The van der Waals surface area contributed by atoms with Crippen LogP contribution < -0.4 is 0 Å². The van der Waals surface area contributed by atoms with Crippen LogP contribution in [0.15, 0.2) is 28.4 Å². The predicted molar refractivity (Wildman–Crippen MR) is 80.8 cm³/mol. The number of azo groups is 1. The Bertz CT molecular complexity index is 904. The largest absolute Gasteiger partial charge is 0.493 e. The zero-order chi connectivity index (χ0) is 16.6. The number of nitrogens with zero attached hydrogens (tertiary/aromatic N) is 2. The van der Waals surface area contributed by atoms with Crippen LogP contribution >= 0.6 is 0 Å². The molecule has 0 radical (unpaired) electrons. The minimum absolute atomic E-state index is 0.0137. The summed E-state index contributed by atoms with van der Waals surface area (Å²) in [7, 11) is -3.05. The van der Waals surface area contributed by atoms with Gasteiger partial charge in [-0.3, -0.25) is 4.79 Å². The van der Waals surface area contributed by atoms with Crippen molar-refractivity contribution in [2.75, 3.05) is 11.5 Å². The van der Waals surface area contributed by atoms with E-state index in [0.29, 0.717) is 17.3 Å². The van der Waals surface area contributed by atoms with E-state index in [2.05, 4.69) is 15.2 Å². The van der Waals surface area contributed by atoms with Crippen molar-refractivity contribution in [1.29, 1.82) is 0 Å². The zero-order valence-corrected chi connectivity index (χ0v) is 12.8. The molecule has 1 fully saturated rings. The van der Waals surface area contributed by atoms with E-state index in [1.165, 1.54) is 18.2 Å². The molecule has 1 amide bonds. The maximum Gasteiger partial charge on any atom is 0.265 e. The molecule has 1 saturated heterocycles. The molecule has 0 bridgehead atoms. The van der Waals surface area contributed by atoms with Crippen LogP contribution in [-0.2, 0) is 14.6 Å². The number of nitrogens with one attached hydrogen (secondary N) is 1. The number of sulfone groups is 1. The van der Waals surface area contributed by atoms with E-state index >= 15 is 0 Å². The number of benzene rings is 1. The van der Waals surface area contributed by atoms with Gasteiger partial charge in [-0.15, -0.1) is 10.2 Å². The van der Waals surface area contributed by atoms with E-state index in [1.54, 1.807) is 0 Å². The van der Waals surface area contributed by atoms with Crippen molar-refractivity contribution in [3.63, 3.8) is 0 Å². The molecule has 0 aliphatic carbocycles. The summed E-state index contributed by atoms with van der Waals surface area (Å²) in [5.41, 5.74) is 0.444. The number of rotatable bonds is 3. The van der Waals surface area contributed by atoms with Gasteiger partial charge in [-0.1, -0.05) is 0 Å². The Balaban J connectivity index is 1.76. The molecule has 1 aliphatic heterocycles. The maximum atomic E-state index is 13.3. The zero-order valence-electron chi connectivity index (χ0n) is 12.0. The number of carbonyl (C=O) groups is 1. The highest BCUT2D eigenvalue weighted by atomic mass is 32.2. The molecule has 122 valence electrons. The molecule has 23 heavy (non-hydrogen) atoms. The summed E-state index contributed by atoms with van der Waals surface area (Å²) in [5.74, 6) is -1.57. The number of aromatic hydroxyl groups is 1. The molecule has 1 atom stereocenters. The highest BCUT2D eigenvalue weighted by Crippen LogP contribution is 2.35. The molecule has 1 aliphatic rings. The predicted octanol–water partition coefficient (Wildman–Crippen LogP) is 2.45. The van der Waals surface area contributed by atoms with Crippen molar-refractivity contribution in [3.05, 3.63) is 24.0 Å². The van der Waals surface area contributed by atoms with Gasteiger partial charge in [0.1, 0.15) is 5.82 Å². The van der Waals surface area contributed by atoms with Crippen LogP contribution in [0.1, 0.15) is 12.8 Å². The van der Waals surface area contributed by atoms with Crippen LogP contribution in [0.5, 0.6) is 5.88 Å². The Hall–Kier alpha value is -2.29. The summed E-state index contributed by atoms with van der Waals surface area (Å²) in [6.07, 6.45) is 0.424. The third-order valence-corrected chi connectivity index (χ3v) is 5.60. The lowest BCUT2D eigenvalue weighted by Gasteiger charge is -2.01. The lowest BCUT2D eigenvalue weighted by Crippen LogP contribution is -2.08. The molecule has 2 N–H and O–H groups in total. The van der Waals surface area contributed by atoms with E-state index in [0.717, 1.165) is 0 Å². The topological polar surface area (TPSA) is 112 Å². The molecule has 0 saturated carbocycles. The number of carbonyl (C=O) groups excluding carboxylic acids is 1. The van der Waals surface area contributed by atoms with Crippen molar-refractivity contribution in [2.24, 2.45) is 16.1 Å². The van der Waals surface area contributed by atoms with Gasteiger partial charge in [-0.2, -0.15) is 0 Å². The highest BCUT2D eigenvalue weighted by Gasteiger charge is 2.29. The Labute approximate surface area is 131 Å². The summed E-state index contributed by atoms with van der Waals surface area (Å²) < 4.78 is 36.0. The second-order valence-electron chi connectivity index (χ2n) is 5.58. The van der Waals surface area contributed by atoms with Gasteiger partial charge in [0.15, 0.2) is 15.5 Å². The lowest BCUT2D eigenvalue weighted by atomic mass is 10.1. The van der Waals surface area contributed by atoms with Crippen LogP contribution in [0.25, 0.3) is 10.9 Å². The number of aromatic nitrogens is 1. The fourth-order valence-corrected chi connectivity index (χ4v) is 4.53. The Kier molecular flexibility index (Phi) is 3.88. The van der Waals surface area contributed by atoms with Gasteiger partial charge >= 0.3 is 0 Å². The first-order chi connectivity index (χ1) is 10.8. The van der Waals surface area contributed by atoms with Gasteiger partial charge in [0, 0.05) is 11.8 Å². The average Bonchev–Trinajstić information content (AvgIpc) is 2.95. The maximum absolute atomic E-state index is 13.3. The number of aromatic amines is 1. The van der Waals surface area contributed by atoms with Gasteiger partial charge in [0.2, 0.25) is 5.88 Å². The molecular weight excluding hydrogens is 325 g/mol. The van der Waals surface area contributed by atoms with Gasteiger partial charge in [-0.05, 0) is 30.5 Å². The van der Waals surface area contributed by atoms with Crippen molar-refractivity contribution < 1.29 is 22.7 Å². The van der Waals surface area contributed by atoms with Crippen molar-refractivity contribution in [1.82, 2.24) is 4.98 Å². The summed E-state index contributed by atoms with van der Waals surface area (Å²) in [5, 5.41) is 17.3. The summed E-state index contributed by atoms with van der Waals surface area (Å²) >= 11 is 0. The Morgan fingerprint density at radius 1 is 1.43 bits per heavy atom. The molecule has 0 unspecified atom stereocenters. The Morgan fingerprint density at radius 2 is 2.22 bits per heavy atom. The van der Waals surface area contributed by atoms with Crippen LogP contribution in [0, 0.1) is 11.7 Å². The first-order valence-electron chi connectivity index (χ1n) is 6.99. The molecule has 1 aromatic carbocycles. The first-order valence-corrected chi connectivity index (χ1v) is 8.81. The summed E-state index contributed by atoms with van der Waals surface area (Å²) in [6.45, 7) is 0. The van der Waals surface area contributed by atoms with E-state index in [-0.39, 0.29) is 35.4 Å². The monoisotopic (exact) mass is 339 g/mol. The van der Waals surface area contributed by atoms with Crippen LogP contribution in [0.3, 0.4) is 0 Å². The fraction of sp³-hybridized carbons (Fsp3) is 0.357. The highest BCUT2D eigenvalue weighted by molar-refractivity contribution is 7.91. The van der Waals surface area contributed by atoms with E-state index in [1.807, 2.05) is 0 Å². The second-order valence-corrected chi connectivity index (χ2v) is 7.81. The SMILES string of the molecule is O=C(C[C@@H]1CCS(=O)(=O)C1)N=Nc1c(O)[nH]c2ccc(F)cc12. The molecule has 0 spiro atoms. The summed E-state index contributed by atoms with van der Waals surface area (Å²) in [6, 6.07) is 3.84. The van der Waals surface area contributed by atoms with Gasteiger partial charge < -0.3 is 10.1 Å². The number of hydrogen-bond acceptors (Lipinski definition) is 5. The number of amides is 1. The standard InChI is InChI=1S/C14H14FN3O4S/c15-9-1-2-11-10(6-9)13(14(20)16-11)18-17-12(19)5-8-3-4-23(21,22)7-8/h1-2,6,8,16,20H,3-5,7H2/t8-/m0/s1. The van der Waals surface area contributed by atoms with Crippen molar-refractivity contribution in [3.8, 4) is 5.88 Å². The third kappa shape index (κ3) is 3.39. The summed E-state index contributed by atoms with van der Waals surface area (Å²) in [4.78, 5) is 14.4. The van der Waals surface area contributed by atoms with Gasteiger partial charge in [0.05, 0.1) is 17.0 Å². The normalized spacial score (nSPS) is 20.5. The lowest BCUT2D eigenvalue weighted by molar-refractivity contribution is -0.119. The third-order valence-electron chi connectivity index (χ3n) is 3.77. The molecule has 3 rings (SSSR count). The number of hydrogen-bond donors (Lipinski definition) is 2. The van der Waals surface area contributed by atoms with Crippen molar-refractivity contribution >= 4 is 32.3 Å². The first kappa shape index (κ1) is 15.6. The molecule has 9 heteroatoms. The Morgan fingerprint density at radius 3 is 2.91 bits per heavy atom. The van der Waals surface area contributed by atoms with Crippen molar-refractivity contribution in [2.45, 2.75) is 12.8 Å². The second kappa shape index (κ2) is 5.73. The van der Waals surface area contributed by atoms with E-state index < -0.39 is 21.6 Å². The smallest absolute Gasteiger partial charge is 0.265 e. The quantitative estimate of drug-likeness (QED) is 0.836. The number of fused-ring (bicyclic) bond motifs is 1. The van der Waals surface area contributed by atoms with E-state index in [9.17, 15) is 22.7 Å². The number of halogens is 1. The fourth-order valence-electron chi connectivity index (χ4n) is 2.66. The average molecular weight is 339 g/mol. The van der Waals surface area contributed by atoms with Gasteiger partial charge in [0.25, 0.3) is 5.91 Å².